The minimum atomic E-state index is 0.499. The highest BCUT2D eigenvalue weighted by molar-refractivity contribution is 4.84. The van der Waals surface area contributed by atoms with Crippen molar-refractivity contribution in [2.45, 2.75) is 31.7 Å². The predicted molar refractivity (Wildman–Crippen MR) is 68.4 cm³/mol. The highest BCUT2D eigenvalue weighted by Gasteiger charge is 2.27. The summed E-state index contributed by atoms with van der Waals surface area (Å²) in [5, 5.41) is 0. The summed E-state index contributed by atoms with van der Waals surface area (Å²) in [4.78, 5) is 5.00. The summed E-state index contributed by atoms with van der Waals surface area (Å²) in [6.45, 7) is 5.11. The van der Waals surface area contributed by atoms with Crippen molar-refractivity contribution in [3.63, 3.8) is 0 Å². The molecule has 0 amide bonds. The summed E-state index contributed by atoms with van der Waals surface area (Å²) in [7, 11) is 4.52. The van der Waals surface area contributed by atoms with Gasteiger partial charge in [-0.25, -0.2) is 0 Å². The van der Waals surface area contributed by atoms with Crippen LogP contribution in [0.25, 0.3) is 0 Å². The molecule has 0 aromatic heterocycles. The van der Waals surface area contributed by atoms with Gasteiger partial charge in [-0.15, -0.1) is 0 Å². The van der Waals surface area contributed by atoms with Crippen LogP contribution in [0.4, 0.5) is 0 Å². The molecule has 2 rings (SSSR count). The van der Waals surface area contributed by atoms with E-state index in [-0.39, 0.29) is 0 Å². The fraction of sp³-hybridized carbons (Fsp3) is 1.00. The molecule has 1 saturated heterocycles. The van der Waals surface area contributed by atoms with E-state index in [1.54, 1.807) is 0 Å². The van der Waals surface area contributed by atoms with E-state index in [2.05, 4.69) is 23.9 Å². The summed E-state index contributed by atoms with van der Waals surface area (Å²) in [5.74, 6) is 1.76. The first-order chi connectivity index (χ1) is 7.63. The van der Waals surface area contributed by atoms with Gasteiger partial charge in [-0.2, -0.15) is 0 Å². The van der Waals surface area contributed by atoms with E-state index in [1.807, 2.05) is 0 Å². The van der Waals surface area contributed by atoms with Gasteiger partial charge in [0.05, 0.1) is 0 Å². The van der Waals surface area contributed by atoms with E-state index in [0.29, 0.717) is 6.04 Å². The van der Waals surface area contributed by atoms with Gasteiger partial charge >= 0.3 is 0 Å². The smallest absolute Gasteiger partial charge is 0.00450 e. The van der Waals surface area contributed by atoms with Crippen LogP contribution >= 0.6 is 0 Å². The van der Waals surface area contributed by atoms with Gasteiger partial charge in [-0.05, 0) is 58.2 Å². The predicted octanol–water partition coefficient (Wildman–Crippen LogP) is 0.997. The minimum Gasteiger partial charge on any atom is -0.328 e. The molecule has 1 aliphatic carbocycles. The molecule has 0 spiro atoms. The lowest BCUT2D eigenvalue weighted by atomic mass is 9.80. The SMILES string of the molecule is CN1CCCC(CN(C)CC2CC(N)C2)C1. The summed E-state index contributed by atoms with van der Waals surface area (Å²) in [6.07, 6.45) is 5.28. The fourth-order valence-electron chi connectivity index (χ4n) is 3.31. The van der Waals surface area contributed by atoms with Crippen LogP contribution in [0.2, 0.25) is 0 Å². The molecule has 3 heteroatoms. The highest BCUT2D eigenvalue weighted by Crippen LogP contribution is 2.26. The second kappa shape index (κ2) is 5.48. The van der Waals surface area contributed by atoms with Gasteiger partial charge in [0.1, 0.15) is 0 Å². The van der Waals surface area contributed by atoms with Crippen molar-refractivity contribution in [2.75, 3.05) is 40.3 Å². The lowest BCUT2D eigenvalue weighted by Gasteiger charge is -2.37. The largest absolute Gasteiger partial charge is 0.328 e. The average molecular weight is 225 g/mol. The van der Waals surface area contributed by atoms with E-state index < -0.39 is 0 Å². The van der Waals surface area contributed by atoms with Crippen molar-refractivity contribution in [3.8, 4) is 0 Å². The van der Waals surface area contributed by atoms with Gasteiger partial charge in [0.15, 0.2) is 0 Å². The second-order valence-electron chi connectivity index (χ2n) is 6.09. The monoisotopic (exact) mass is 225 g/mol. The van der Waals surface area contributed by atoms with Gasteiger partial charge in [-0.1, -0.05) is 0 Å². The van der Waals surface area contributed by atoms with E-state index in [0.717, 1.165) is 11.8 Å². The van der Waals surface area contributed by atoms with Crippen LogP contribution in [0.3, 0.4) is 0 Å². The highest BCUT2D eigenvalue weighted by atomic mass is 15.1. The Labute approximate surface area is 100.0 Å². The molecule has 3 nitrogen and oxygen atoms in total. The van der Waals surface area contributed by atoms with Crippen molar-refractivity contribution in [3.05, 3.63) is 0 Å². The van der Waals surface area contributed by atoms with Gasteiger partial charge in [0, 0.05) is 25.7 Å². The van der Waals surface area contributed by atoms with Gasteiger partial charge in [0.2, 0.25) is 0 Å². The molecule has 1 aliphatic heterocycles. The molecule has 2 aliphatic rings. The van der Waals surface area contributed by atoms with Crippen LogP contribution < -0.4 is 5.73 Å². The number of piperidine rings is 1. The Morgan fingerprint density at radius 3 is 2.56 bits per heavy atom. The summed E-state index contributed by atoms with van der Waals surface area (Å²) >= 11 is 0. The molecular formula is C13H27N3. The third kappa shape index (κ3) is 3.44. The molecule has 1 saturated carbocycles. The lowest BCUT2D eigenvalue weighted by Crippen LogP contribution is -2.44. The first kappa shape index (κ1) is 12.3. The summed E-state index contributed by atoms with van der Waals surface area (Å²) in [6, 6.07) is 0.499. The molecule has 94 valence electrons. The van der Waals surface area contributed by atoms with Crippen LogP contribution in [-0.4, -0.2) is 56.1 Å². The van der Waals surface area contributed by atoms with E-state index >= 15 is 0 Å². The number of likely N-dealkylation sites (tertiary alicyclic amines) is 1. The van der Waals surface area contributed by atoms with E-state index in [4.69, 9.17) is 5.73 Å². The number of nitrogens with two attached hydrogens (primary N) is 1. The normalized spacial score (nSPS) is 36.4. The maximum absolute atomic E-state index is 5.82. The van der Waals surface area contributed by atoms with Gasteiger partial charge in [0.25, 0.3) is 0 Å². The van der Waals surface area contributed by atoms with E-state index in [9.17, 15) is 0 Å². The number of hydrogen-bond acceptors (Lipinski definition) is 3. The number of nitrogens with zero attached hydrogens (tertiary/aromatic N) is 2. The molecule has 0 aromatic rings. The lowest BCUT2D eigenvalue weighted by molar-refractivity contribution is 0.132. The van der Waals surface area contributed by atoms with Crippen molar-refractivity contribution in [2.24, 2.45) is 17.6 Å². The third-order valence-corrected chi connectivity index (χ3v) is 4.13. The first-order valence-corrected chi connectivity index (χ1v) is 6.76. The number of rotatable bonds is 4. The molecule has 1 heterocycles. The average Bonchev–Trinajstić information content (AvgIpc) is 2.15. The fourth-order valence-corrected chi connectivity index (χ4v) is 3.31. The Morgan fingerprint density at radius 1 is 1.25 bits per heavy atom. The van der Waals surface area contributed by atoms with Crippen molar-refractivity contribution in [1.82, 2.24) is 9.80 Å². The first-order valence-electron chi connectivity index (χ1n) is 6.76. The zero-order valence-corrected chi connectivity index (χ0v) is 10.9. The standard InChI is InChI=1S/C13H27N3/c1-15-5-3-4-11(8-15)9-16(2)10-12-6-13(14)7-12/h11-13H,3-10,14H2,1-2H3. The molecule has 2 fully saturated rings. The third-order valence-electron chi connectivity index (χ3n) is 4.13. The Bertz CT molecular complexity index is 213. The molecule has 0 bridgehead atoms. The molecule has 0 aromatic carbocycles. The van der Waals surface area contributed by atoms with Crippen LogP contribution in [0, 0.1) is 11.8 Å². The van der Waals surface area contributed by atoms with Gasteiger partial charge < -0.3 is 15.5 Å². The Morgan fingerprint density at radius 2 is 1.94 bits per heavy atom. The Hall–Kier alpha value is -0.120. The van der Waals surface area contributed by atoms with Gasteiger partial charge in [-0.3, -0.25) is 0 Å². The van der Waals surface area contributed by atoms with Crippen molar-refractivity contribution >= 4 is 0 Å². The molecular weight excluding hydrogens is 198 g/mol. The minimum absolute atomic E-state index is 0.499. The van der Waals surface area contributed by atoms with E-state index in [1.165, 1.54) is 51.9 Å². The molecule has 16 heavy (non-hydrogen) atoms. The molecule has 0 radical (unpaired) electrons. The van der Waals surface area contributed by atoms with Crippen LogP contribution in [-0.2, 0) is 0 Å². The molecule has 1 atom stereocenters. The van der Waals surface area contributed by atoms with Crippen molar-refractivity contribution in [1.29, 1.82) is 0 Å². The maximum atomic E-state index is 5.82. The summed E-state index contributed by atoms with van der Waals surface area (Å²) < 4.78 is 0. The number of hydrogen-bond donors (Lipinski definition) is 1. The van der Waals surface area contributed by atoms with Crippen molar-refractivity contribution < 1.29 is 0 Å². The second-order valence-corrected chi connectivity index (χ2v) is 6.09. The zero-order valence-electron chi connectivity index (χ0n) is 10.9. The van der Waals surface area contributed by atoms with Crippen LogP contribution in [0.1, 0.15) is 25.7 Å². The molecule has 2 N–H and O–H groups in total. The summed E-state index contributed by atoms with van der Waals surface area (Å²) in [5.41, 5.74) is 5.82. The Balaban J connectivity index is 1.64. The zero-order chi connectivity index (χ0) is 11.5. The van der Waals surface area contributed by atoms with Crippen LogP contribution in [0.5, 0.6) is 0 Å². The topological polar surface area (TPSA) is 32.5 Å². The molecule has 1 unspecified atom stereocenters. The maximum Gasteiger partial charge on any atom is 0.00450 e. The quantitative estimate of drug-likeness (QED) is 0.775. The Kier molecular flexibility index (Phi) is 4.22. The van der Waals surface area contributed by atoms with Crippen LogP contribution in [0.15, 0.2) is 0 Å².